The molecule has 2 aliphatic rings. The topological polar surface area (TPSA) is 48.0 Å². The van der Waals surface area contributed by atoms with Crippen LogP contribution in [0.4, 0.5) is 0 Å². The van der Waals surface area contributed by atoms with Crippen molar-refractivity contribution >= 4 is 17.5 Å². The Morgan fingerprint density at radius 2 is 1.95 bits per heavy atom. The second-order valence-corrected chi connectivity index (χ2v) is 5.94. The van der Waals surface area contributed by atoms with Gasteiger partial charge in [0.2, 0.25) is 0 Å². The summed E-state index contributed by atoms with van der Waals surface area (Å²) in [4.78, 5) is 14.3. The summed E-state index contributed by atoms with van der Waals surface area (Å²) >= 11 is 5.83. The van der Waals surface area contributed by atoms with Gasteiger partial charge < -0.3 is 19.1 Å². The van der Waals surface area contributed by atoms with Gasteiger partial charge in [-0.2, -0.15) is 0 Å². The van der Waals surface area contributed by atoms with Crippen molar-refractivity contribution in [2.24, 2.45) is 0 Å². The van der Waals surface area contributed by atoms with E-state index >= 15 is 0 Å². The lowest BCUT2D eigenvalue weighted by atomic mass is 10.0. The Morgan fingerprint density at radius 1 is 1.23 bits per heavy atom. The molecule has 0 spiro atoms. The minimum Gasteiger partial charge on any atom is -0.484 e. The summed E-state index contributed by atoms with van der Waals surface area (Å²) in [7, 11) is 0. The van der Waals surface area contributed by atoms with Crippen LogP contribution in [0, 0.1) is 0 Å². The summed E-state index contributed by atoms with van der Waals surface area (Å²) in [5, 5.41) is 0.644. The van der Waals surface area contributed by atoms with E-state index in [-0.39, 0.29) is 24.8 Å². The minimum atomic E-state index is -0.292. The molecule has 6 heteroatoms. The van der Waals surface area contributed by atoms with E-state index in [9.17, 15) is 4.79 Å². The fourth-order valence-electron chi connectivity index (χ4n) is 2.91. The van der Waals surface area contributed by atoms with Crippen molar-refractivity contribution in [3.63, 3.8) is 0 Å². The van der Waals surface area contributed by atoms with Crippen LogP contribution in [0.15, 0.2) is 24.3 Å². The fraction of sp³-hybridized carbons (Fsp3) is 0.562. The van der Waals surface area contributed by atoms with Crippen molar-refractivity contribution in [1.82, 2.24) is 4.90 Å². The van der Waals surface area contributed by atoms with E-state index in [4.69, 9.17) is 25.8 Å². The van der Waals surface area contributed by atoms with Crippen LogP contribution in [-0.2, 0) is 14.3 Å². The number of hydrogen-bond acceptors (Lipinski definition) is 4. The van der Waals surface area contributed by atoms with Crippen LogP contribution in [0.2, 0.25) is 5.02 Å². The third-order valence-electron chi connectivity index (χ3n) is 4.01. The van der Waals surface area contributed by atoms with Crippen LogP contribution in [0.25, 0.3) is 0 Å². The predicted molar refractivity (Wildman–Crippen MR) is 82.0 cm³/mol. The average molecular weight is 326 g/mol. The molecule has 1 atom stereocenters. The molecule has 1 aromatic rings. The second-order valence-electron chi connectivity index (χ2n) is 5.50. The van der Waals surface area contributed by atoms with Gasteiger partial charge in [0.25, 0.3) is 5.91 Å². The number of likely N-dealkylation sites (tertiary alicyclic amines) is 1. The van der Waals surface area contributed by atoms with E-state index in [1.807, 2.05) is 4.90 Å². The molecule has 2 saturated heterocycles. The molecule has 0 aromatic heterocycles. The molecule has 2 aliphatic heterocycles. The SMILES string of the molecule is O=C(COc1ccc(Cl)cc1)N1CCCC[C@@H]1C1OCCO1. The lowest BCUT2D eigenvalue weighted by Crippen LogP contribution is -2.51. The van der Waals surface area contributed by atoms with Gasteiger partial charge in [-0.3, -0.25) is 4.79 Å². The van der Waals surface area contributed by atoms with Gasteiger partial charge in [0.15, 0.2) is 12.9 Å². The Morgan fingerprint density at radius 3 is 2.68 bits per heavy atom. The molecule has 0 bridgehead atoms. The van der Waals surface area contributed by atoms with Crippen molar-refractivity contribution in [2.75, 3.05) is 26.4 Å². The highest BCUT2D eigenvalue weighted by Crippen LogP contribution is 2.24. The quantitative estimate of drug-likeness (QED) is 0.853. The molecule has 2 heterocycles. The number of ether oxygens (including phenoxy) is 3. The van der Waals surface area contributed by atoms with Crippen LogP contribution < -0.4 is 4.74 Å². The highest BCUT2D eigenvalue weighted by molar-refractivity contribution is 6.30. The zero-order valence-electron chi connectivity index (χ0n) is 12.4. The molecule has 0 radical (unpaired) electrons. The first-order chi connectivity index (χ1) is 10.7. The molecule has 120 valence electrons. The summed E-state index contributed by atoms with van der Waals surface area (Å²) in [6.45, 7) is 1.95. The van der Waals surface area contributed by atoms with E-state index in [2.05, 4.69) is 0 Å². The maximum absolute atomic E-state index is 12.5. The molecule has 5 nitrogen and oxygen atoms in total. The number of hydrogen-bond donors (Lipinski definition) is 0. The molecule has 1 aromatic carbocycles. The average Bonchev–Trinajstić information content (AvgIpc) is 3.08. The van der Waals surface area contributed by atoms with Gasteiger partial charge in [0, 0.05) is 11.6 Å². The van der Waals surface area contributed by atoms with Crippen LogP contribution in [0.1, 0.15) is 19.3 Å². The number of halogens is 1. The Balaban J connectivity index is 1.58. The molecule has 22 heavy (non-hydrogen) atoms. The molecule has 0 aliphatic carbocycles. The molecule has 1 amide bonds. The van der Waals surface area contributed by atoms with Gasteiger partial charge in [0.1, 0.15) is 5.75 Å². The lowest BCUT2D eigenvalue weighted by Gasteiger charge is -2.37. The molecular formula is C16H20ClNO4. The summed E-state index contributed by atoms with van der Waals surface area (Å²) in [5.74, 6) is 0.610. The van der Waals surface area contributed by atoms with E-state index < -0.39 is 0 Å². The van der Waals surface area contributed by atoms with E-state index in [1.54, 1.807) is 24.3 Å². The standard InChI is InChI=1S/C16H20ClNO4/c17-12-4-6-13(7-5-12)22-11-15(19)18-8-2-1-3-14(18)16-20-9-10-21-16/h4-7,14,16H,1-3,8-11H2/t14-/m1/s1. The Labute approximate surface area is 135 Å². The molecule has 0 unspecified atom stereocenters. The summed E-state index contributed by atoms with van der Waals surface area (Å²) < 4.78 is 16.7. The monoisotopic (exact) mass is 325 g/mol. The minimum absolute atomic E-state index is 0.00225. The summed E-state index contributed by atoms with van der Waals surface area (Å²) in [5.41, 5.74) is 0. The van der Waals surface area contributed by atoms with E-state index in [0.29, 0.717) is 24.0 Å². The largest absolute Gasteiger partial charge is 0.484 e. The third-order valence-corrected chi connectivity index (χ3v) is 4.26. The Kier molecular flexibility index (Phi) is 5.18. The summed E-state index contributed by atoms with van der Waals surface area (Å²) in [6, 6.07) is 6.99. The molecule has 3 rings (SSSR count). The zero-order chi connectivity index (χ0) is 15.4. The highest BCUT2D eigenvalue weighted by Gasteiger charge is 2.36. The van der Waals surface area contributed by atoms with Gasteiger partial charge in [0.05, 0.1) is 19.3 Å². The number of nitrogens with zero attached hydrogens (tertiary/aromatic N) is 1. The van der Waals surface area contributed by atoms with Crippen molar-refractivity contribution in [1.29, 1.82) is 0 Å². The maximum Gasteiger partial charge on any atom is 0.260 e. The number of carbonyl (C=O) groups is 1. The number of carbonyl (C=O) groups excluding carboxylic acids is 1. The maximum atomic E-state index is 12.5. The number of piperidine rings is 1. The van der Waals surface area contributed by atoms with Crippen molar-refractivity contribution in [2.45, 2.75) is 31.6 Å². The number of rotatable bonds is 4. The summed E-state index contributed by atoms with van der Waals surface area (Å²) in [6.07, 6.45) is 2.72. The number of benzene rings is 1. The fourth-order valence-corrected chi connectivity index (χ4v) is 3.03. The van der Waals surface area contributed by atoms with E-state index in [1.165, 1.54) is 0 Å². The molecule has 0 N–H and O–H groups in total. The first-order valence-corrected chi connectivity index (χ1v) is 8.03. The van der Waals surface area contributed by atoms with Gasteiger partial charge >= 0.3 is 0 Å². The highest BCUT2D eigenvalue weighted by atomic mass is 35.5. The number of amides is 1. The van der Waals surface area contributed by atoms with Crippen LogP contribution in [0.3, 0.4) is 0 Å². The second kappa shape index (κ2) is 7.31. The van der Waals surface area contributed by atoms with Crippen molar-refractivity contribution in [3.8, 4) is 5.75 Å². The first-order valence-electron chi connectivity index (χ1n) is 7.65. The first kappa shape index (κ1) is 15.6. The third kappa shape index (κ3) is 3.72. The van der Waals surface area contributed by atoms with Crippen molar-refractivity contribution in [3.05, 3.63) is 29.3 Å². The molecular weight excluding hydrogens is 306 g/mol. The van der Waals surface area contributed by atoms with Gasteiger partial charge in [-0.05, 0) is 43.5 Å². The normalized spacial score (nSPS) is 22.8. The smallest absolute Gasteiger partial charge is 0.260 e. The van der Waals surface area contributed by atoms with Gasteiger partial charge in [-0.15, -0.1) is 0 Å². The molecule has 0 saturated carbocycles. The van der Waals surface area contributed by atoms with E-state index in [0.717, 1.165) is 25.8 Å². The van der Waals surface area contributed by atoms with Crippen LogP contribution in [-0.4, -0.2) is 49.5 Å². The van der Waals surface area contributed by atoms with Gasteiger partial charge in [-0.25, -0.2) is 0 Å². The van der Waals surface area contributed by atoms with Crippen molar-refractivity contribution < 1.29 is 19.0 Å². The Hall–Kier alpha value is -1.30. The molecule has 2 fully saturated rings. The zero-order valence-corrected chi connectivity index (χ0v) is 13.1. The van der Waals surface area contributed by atoms with Crippen LogP contribution >= 0.6 is 11.6 Å². The Bertz CT molecular complexity index is 501. The predicted octanol–water partition coefficient (Wildman–Crippen LogP) is 2.47. The van der Waals surface area contributed by atoms with Gasteiger partial charge in [-0.1, -0.05) is 11.6 Å². The van der Waals surface area contributed by atoms with Crippen LogP contribution in [0.5, 0.6) is 5.75 Å². The lowest BCUT2D eigenvalue weighted by molar-refractivity contribution is -0.152.